The highest BCUT2D eigenvalue weighted by Crippen LogP contribution is 2.31. The van der Waals surface area contributed by atoms with Crippen molar-refractivity contribution in [3.63, 3.8) is 0 Å². The monoisotopic (exact) mass is 480 g/mol. The second-order valence-electron chi connectivity index (χ2n) is 7.32. The molecule has 174 valence electrons. The first-order valence-electron chi connectivity index (χ1n) is 10.0. The van der Waals surface area contributed by atoms with E-state index in [1.165, 1.54) is 28.4 Å². The Balaban J connectivity index is 1.32. The van der Waals surface area contributed by atoms with Gasteiger partial charge in [-0.25, -0.2) is 4.98 Å². The lowest BCUT2D eigenvalue weighted by Gasteiger charge is -2.34. The summed E-state index contributed by atoms with van der Waals surface area (Å²) in [6.45, 7) is -0.0913. The Labute approximate surface area is 190 Å². The maximum Gasteiger partial charge on any atom is 0.449 e. The lowest BCUT2D eigenvalue weighted by Crippen LogP contribution is -2.51. The number of rotatable bonds is 5. The third kappa shape index (κ3) is 5.00. The number of nitrogens with zero attached hydrogens (tertiary/aromatic N) is 4. The molecule has 12 heteroatoms. The predicted molar refractivity (Wildman–Crippen MR) is 112 cm³/mol. The minimum absolute atomic E-state index is 0.100. The van der Waals surface area contributed by atoms with Crippen molar-refractivity contribution in [3.8, 4) is 0 Å². The molecule has 0 spiro atoms. The van der Waals surface area contributed by atoms with E-state index in [4.69, 9.17) is 4.74 Å². The Kier molecular flexibility index (Phi) is 6.36. The standard InChI is InChI=1S/C21H19F3N4O4S/c22-21(23,24)20-25-14-4-1-2-5-15(14)28(20)12-18(30)32-13-17(29)26-7-9-27(10-8-26)19(31)16-6-3-11-33-16/h1-6,11H,7-10,12-13H2. The van der Waals surface area contributed by atoms with Crippen molar-refractivity contribution in [2.24, 2.45) is 0 Å². The average molecular weight is 480 g/mol. The van der Waals surface area contributed by atoms with Crippen LogP contribution in [-0.4, -0.2) is 69.9 Å². The normalized spacial score (nSPS) is 14.5. The number of aromatic nitrogens is 2. The van der Waals surface area contributed by atoms with Gasteiger partial charge in [0, 0.05) is 26.2 Å². The van der Waals surface area contributed by atoms with Gasteiger partial charge < -0.3 is 19.1 Å². The van der Waals surface area contributed by atoms with Crippen molar-refractivity contribution in [2.75, 3.05) is 32.8 Å². The van der Waals surface area contributed by atoms with Crippen LogP contribution in [0.4, 0.5) is 13.2 Å². The fourth-order valence-corrected chi connectivity index (χ4v) is 4.27. The van der Waals surface area contributed by atoms with Crippen LogP contribution in [-0.2, 0) is 27.0 Å². The van der Waals surface area contributed by atoms with Gasteiger partial charge in [-0.15, -0.1) is 11.3 Å². The molecule has 0 bridgehead atoms. The molecule has 4 rings (SSSR count). The molecule has 2 aromatic heterocycles. The number of benzene rings is 1. The third-order valence-corrected chi connectivity index (χ3v) is 6.06. The maximum atomic E-state index is 13.3. The van der Waals surface area contributed by atoms with Gasteiger partial charge in [-0.1, -0.05) is 18.2 Å². The maximum absolute atomic E-state index is 13.3. The SMILES string of the molecule is O=C(Cn1c(C(F)(F)F)nc2ccccc21)OCC(=O)N1CCN(C(=O)c2cccs2)CC1. The molecule has 33 heavy (non-hydrogen) atoms. The second kappa shape index (κ2) is 9.22. The molecule has 3 heterocycles. The number of alkyl halides is 3. The number of carbonyl (C=O) groups excluding carboxylic acids is 3. The molecule has 0 N–H and O–H groups in total. The number of hydrogen-bond donors (Lipinski definition) is 0. The van der Waals surface area contributed by atoms with Crippen molar-refractivity contribution in [2.45, 2.75) is 12.7 Å². The molecule has 8 nitrogen and oxygen atoms in total. The molecule has 1 aliphatic heterocycles. The molecule has 1 aliphatic rings. The summed E-state index contributed by atoms with van der Waals surface area (Å²) in [5, 5.41) is 1.81. The number of esters is 1. The van der Waals surface area contributed by atoms with E-state index < -0.39 is 37.0 Å². The molecule has 1 fully saturated rings. The summed E-state index contributed by atoms with van der Waals surface area (Å²) in [5.41, 5.74) is 0.239. The Morgan fingerprint density at radius 1 is 1.00 bits per heavy atom. The summed E-state index contributed by atoms with van der Waals surface area (Å²) in [5.74, 6) is -2.77. The first kappa shape index (κ1) is 22.8. The number of carbonyl (C=O) groups is 3. The molecule has 0 aliphatic carbocycles. The Bertz CT molecular complexity index is 1170. The van der Waals surface area contributed by atoms with Gasteiger partial charge in [0.2, 0.25) is 5.82 Å². The number of thiophene rings is 1. The Hall–Kier alpha value is -3.41. The summed E-state index contributed by atoms with van der Waals surface area (Å²) in [7, 11) is 0. The highest BCUT2D eigenvalue weighted by molar-refractivity contribution is 7.12. The van der Waals surface area contributed by atoms with E-state index in [0.717, 1.165) is 4.57 Å². The smallest absolute Gasteiger partial charge is 0.449 e. The van der Waals surface area contributed by atoms with Crippen molar-refractivity contribution in [1.29, 1.82) is 0 Å². The zero-order chi connectivity index (χ0) is 23.6. The van der Waals surface area contributed by atoms with Crippen molar-refractivity contribution in [3.05, 3.63) is 52.5 Å². The van der Waals surface area contributed by atoms with Crippen LogP contribution >= 0.6 is 11.3 Å². The summed E-state index contributed by atoms with van der Waals surface area (Å²) in [6, 6.07) is 9.45. The molecule has 1 aromatic carbocycles. The lowest BCUT2D eigenvalue weighted by atomic mass is 10.3. The van der Waals surface area contributed by atoms with E-state index in [1.54, 1.807) is 29.2 Å². The highest BCUT2D eigenvalue weighted by atomic mass is 32.1. The first-order chi connectivity index (χ1) is 15.7. The molecule has 1 saturated heterocycles. The molecule has 0 unspecified atom stereocenters. The van der Waals surface area contributed by atoms with Crippen LogP contribution in [0.3, 0.4) is 0 Å². The van der Waals surface area contributed by atoms with Gasteiger partial charge in [-0.3, -0.25) is 14.4 Å². The zero-order valence-electron chi connectivity index (χ0n) is 17.2. The highest BCUT2D eigenvalue weighted by Gasteiger charge is 2.38. The van der Waals surface area contributed by atoms with Crippen LogP contribution in [0.15, 0.2) is 41.8 Å². The fraction of sp³-hybridized carbons (Fsp3) is 0.333. The van der Waals surface area contributed by atoms with Gasteiger partial charge in [-0.2, -0.15) is 13.2 Å². The van der Waals surface area contributed by atoms with E-state index in [1.807, 2.05) is 5.38 Å². The van der Waals surface area contributed by atoms with Gasteiger partial charge >= 0.3 is 12.1 Å². The van der Waals surface area contributed by atoms with Crippen LogP contribution < -0.4 is 0 Å². The fourth-order valence-electron chi connectivity index (χ4n) is 3.58. The molecule has 3 aromatic rings. The van der Waals surface area contributed by atoms with Crippen LogP contribution in [0, 0.1) is 0 Å². The largest absolute Gasteiger partial charge is 0.454 e. The van der Waals surface area contributed by atoms with Crippen LogP contribution in [0.1, 0.15) is 15.5 Å². The molecular formula is C21H19F3N4O4S. The van der Waals surface area contributed by atoms with E-state index in [0.29, 0.717) is 18.0 Å². The predicted octanol–water partition coefficient (Wildman–Crippen LogP) is 2.64. The summed E-state index contributed by atoms with van der Waals surface area (Å²) < 4.78 is 45.7. The van der Waals surface area contributed by atoms with Crippen molar-refractivity contribution < 1.29 is 32.3 Å². The van der Waals surface area contributed by atoms with Crippen LogP contribution in [0.2, 0.25) is 0 Å². The Morgan fingerprint density at radius 3 is 2.36 bits per heavy atom. The number of fused-ring (bicyclic) bond motifs is 1. The van der Waals surface area contributed by atoms with Gasteiger partial charge in [0.05, 0.1) is 15.9 Å². The minimum atomic E-state index is -4.75. The number of imidazole rings is 1. The molecule has 0 saturated carbocycles. The summed E-state index contributed by atoms with van der Waals surface area (Å²) in [4.78, 5) is 44.3. The van der Waals surface area contributed by atoms with Gasteiger partial charge in [0.1, 0.15) is 6.54 Å². The molecule has 0 atom stereocenters. The molecule has 0 radical (unpaired) electrons. The minimum Gasteiger partial charge on any atom is -0.454 e. The van der Waals surface area contributed by atoms with E-state index >= 15 is 0 Å². The van der Waals surface area contributed by atoms with Crippen LogP contribution in [0.5, 0.6) is 0 Å². The Morgan fingerprint density at radius 2 is 1.70 bits per heavy atom. The number of piperazine rings is 1. The number of ether oxygens (including phenoxy) is 1. The average Bonchev–Trinajstić information content (AvgIpc) is 3.46. The van der Waals surface area contributed by atoms with Crippen LogP contribution in [0.25, 0.3) is 11.0 Å². The second-order valence-corrected chi connectivity index (χ2v) is 8.27. The summed E-state index contributed by atoms with van der Waals surface area (Å²) in [6.07, 6.45) is -4.75. The number of halogens is 3. The molecule has 2 amide bonds. The van der Waals surface area contributed by atoms with E-state index in [2.05, 4.69) is 4.98 Å². The first-order valence-corrected chi connectivity index (χ1v) is 10.9. The van der Waals surface area contributed by atoms with E-state index in [9.17, 15) is 27.6 Å². The topological polar surface area (TPSA) is 84.7 Å². The van der Waals surface area contributed by atoms with Gasteiger partial charge in [0.25, 0.3) is 11.8 Å². The number of hydrogen-bond acceptors (Lipinski definition) is 6. The number of amides is 2. The zero-order valence-corrected chi connectivity index (χ0v) is 18.1. The quantitative estimate of drug-likeness (QED) is 0.525. The van der Waals surface area contributed by atoms with Gasteiger partial charge in [0.15, 0.2) is 6.61 Å². The van der Waals surface area contributed by atoms with Crippen molar-refractivity contribution in [1.82, 2.24) is 19.4 Å². The third-order valence-electron chi connectivity index (χ3n) is 5.20. The van der Waals surface area contributed by atoms with E-state index in [-0.39, 0.29) is 30.0 Å². The molecular weight excluding hydrogens is 461 g/mol. The lowest BCUT2D eigenvalue weighted by molar-refractivity contribution is -0.155. The number of para-hydroxylation sites is 2. The van der Waals surface area contributed by atoms with Crippen molar-refractivity contribution >= 4 is 40.2 Å². The van der Waals surface area contributed by atoms with Gasteiger partial charge in [-0.05, 0) is 23.6 Å². The summed E-state index contributed by atoms with van der Waals surface area (Å²) >= 11 is 1.34.